The van der Waals surface area contributed by atoms with Crippen LogP contribution in [0.25, 0.3) is 5.65 Å². The van der Waals surface area contributed by atoms with Crippen molar-refractivity contribution in [2.75, 3.05) is 6.54 Å². The molecule has 0 spiro atoms. The quantitative estimate of drug-likeness (QED) is 0.911. The molecule has 0 aliphatic carbocycles. The van der Waals surface area contributed by atoms with Crippen molar-refractivity contribution in [3.63, 3.8) is 0 Å². The molecule has 1 aliphatic rings. The van der Waals surface area contributed by atoms with Gasteiger partial charge in [-0.1, -0.05) is 6.07 Å². The van der Waals surface area contributed by atoms with Crippen LogP contribution < -0.4 is 5.73 Å². The third-order valence-corrected chi connectivity index (χ3v) is 3.85. The number of likely N-dealkylation sites (tertiary alicyclic amines) is 1. The highest BCUT2D eigenvalue weighted by molar-refractivity contribution is 5.80. The number of hydrogen-bond donors (Lipinski definition) is 1. The molecule has 6 heteroatoms. The molecule has 20 heavy (non-hydrogen) atoms. The van der Waals surface area contributed by atoms with E-state index < -0.39 is 18.1 Å². The first-order chi connectivity index (χ1) is 9.56. The number of halogens is 1. The second-order valence-electron chi connectivity index (χ2n) is 5.31. The van der Waals surface area contributed by atoms with E-state index in [4.69, 9.17) is 5.73 Å². The van der Waals surface area contributed by atoms with Gasteiger partial charge in [-0.05, 0) is 18.6 Å². The molecule has 2 N–H and O–H groups in total. The maximum absolute atomic E-state index is 13.5. The molecule has 106 valence electrons. The molecule has 2 aromatic rings. The lowest BCUT2D eigenvalue weighted by Crippen LogP contribution is -2.39. The number of carbonyl (C=O) groups is 1. The highest BCUT2D eigenvalue weighted by Crippen LogP contribution is 2.23. The van der Waals surface area contributed by atoms with Crippen LogP contribution in [-0.4, -0.2) is 39.0 Å². The van der Waals surface area contributed by atoms with Gasteiger partial charge in [0.25, 0.3) is 0 Å². The monoisotopic (exact) mass is 276 g/mol. The second kappa shape index (κ2) is 4.86. The van der Waals surface area contributed by atoms with E-state index in [2.05, 4.69) is 4.98 Å². The van der Waals surface area contributed by atoms with Crippen molar-refractivity contribution in [2.24, 2.45) is 5.73 Å². The third-order valence-electron chi connectivity index (χ3n) is 3.85. The number of primary amides is 1. The van der Waals surface area contributed by atoms with Crippen LogP contribution in [0.3, 0.4) is 0 Å². The van der Waals surface area contributed by atoms with Crippen molar-refractivity contribution < 1.29 is 9.18 Å². The number of pyridine rings is 1. The molecular formula is C14H17FN4O. The summed E-state index contributed by atoms with van der Waals surface area (Å²) in [6.07, 6.45) is 2.89. The van der Waals surface area contributed by atoms with Crippen molar-refractivity contribution in [3.05, 3.63) is 35.8 Å². The van der Waals surface area contributed by atoms with Crippen LogP contribution in [-0.2, 0) is 11.3 Å². The van der Waals surface area contributed by atoms with Crippen LogP contribution >= 0.6 is 0 Å². The first-order valence-corrected chi connectivity index (χ1v) is 6.65. The summed E-state index contributed by atoms with van der Waals surface area (Å²) in [6, 6.07) is 3.41. The van der Waals surface area contributed by atoms with Crippen molar-refractivity contribution in [1.82, 2.24) is 14.3 Å². The minimum atomic E-state index is -0.992. The zero-order valence-corrected chi connectivity index (χ0v) is 11.3. The van der Waals surface area contributed by atoms with E-state index in [0.29, 0.717) is 6.54 Å². The van der Waals surface area contributed by atoms with Gasteiger partial charge in [0.2, 0.25) is 5.91 Å². The van der Waals surface area contributed by atoms with E-state index in [0.717, 1.165) is 16.9 Å². The predicted molar refractivity (Wildman–Crippen MR) is 72.8 cm³/mol. The summed E-state index contributed by atoms with van der Waals surface area (Å²) >= 11 is 0. The SMILES string of the molecule is Cc1cccn2c(CN3C[C@H](F)C[C@H]3C(N)=O)cnc12. The highest BCUT2D eigenvalue weighted by atomic mass is 19.1. The molecule has 0 saturated carbocycles. The number of nitrogens with zero attached hydrogens (tertiary/aromatic N) is 3. The van der Waals surface area contributed by atoms with Gasteiger partial charge in [-0.2, -0.15) is 0 Å². The Labute approximate surface area is 116 Å². The van der Waals surface area contributed by atoms with Crippen LogP contribution in [0.4, 0.5) is 4.39 Å². The molecular weight excluding hydrogens is 259 g/mol. The fraction of sp³-hybridized carbons (Fsp3) is 0.429. The lowest BCUT2D eigenvalue weighted by atomic mass is 10.2. The Morgan fingerprint density at radius 2 is 2.40 bits per heavy atom. The summed E-state index contributed by atoms with van der Waals surface area (Å²) in [5, 5.41) is 0. The largest absolute Gasteiger partial charge is 0.368 e. The van der Waals surface area contributed by atoms with Gasteiger partial charge < -0.3 is 10.1 Å². The third kappa shape index (κ3) is 2.16. The predicted octanol–water partition coefficient (Wildman–Crippen LogP) is 1.04. The van der Waals surface area contributed by atoms with E-state index in [1.165, 1.54) is 0 Å². The Morgan fingerprint density at radius 1 is 1.60 bits per heavy atom. The van der Waals surface area contributed by atoms with E-state index >= 15 is 0 Å². The summed E-state index contributed by atoms with van der Waals surface area (Å²) in [4.78, 5) is 17.6. The topological polar surface area (TPSA) is 63.6 Å². The number of aryl methyl sites for hydroxylation is 1. The smallest absolute Gasteiger partial charge is 0.234 e. The van der Waals surface area contributed by atoms with Crippen molar-refractivity contribution in [2.45, 2.75) is 32.1 Å². The average Bonchev–Trinajstić information content (AvgIpc) is 2.95. The Balaban J connectivity index is 1.89. The molecule has 1 amide bonds. The number of rotatable bonds is 3. The number of imidazole rings is 1. The standard InChI is InChI=1S/C14H17FN4O/c1-9-3-2-4-19-11(6-17-14(9)19)8-18-7-10(15)5-12(18)13(16)20/h2-4,6,10,12H,5,7-8H2,1H3,(H2,16,20)/t10-,12+/m1/s1. The Morgan fingerprint density at radius 3 is 3.15 bits per heavy atom. The second-order valence-corrected chi connectivity index (χ2v) is 5.31. The molecule has 0 aromatic carbocycles. The van der Waals surface area contributed by atoms with Gasteiger partial charge in [-0.25, -0.2) is 9.37 Å². The Kier molecular flexibility index (Phi) is 3.17. The molecule has 3 heterocycles. The van der Waals surface area contributed by atoms with Crippen molar-refractivity contribution >= 4 is 11.6 Å². The number of alkyl halides is 1. The van der Waals surface area contributed by atoms with Gasteiger partial charge in [0.15, 0.2) is 0 Å². The van der Waals surface area contributed by atoms with Crippen LogP contribution in [0, 0.1) is 6.92 Å². The zero-order chi connectivity index (χ0) is 14.3. The summed E-state index contributed by atoms with van der Waals surface area (Å²) in [5.74, 6) is -0.463. The van der Waals surface area contributed by atoms with Crippen LogP contribution in [0.5, 0.6) is 0 Å². The number of aromatic nitrogens is 2. The lowest BCUT2D eigenvalue weighted by molar-refractivity contribution is -0.122. The Bertz CT molecular complexity index is 654. The average molecular weight is 276 g/mol. The summed E-state index contributed by atoms with van der Waals surface area (Å²) in [5.41, 5.74) is 8.24. The van der Waals surface area contributed by atoms with Crippen LogP contribution in [0.15, 0.2) is 24.5 Å². The first kappa shape index (κ1) is 13.1. The summed E-state index contributed by atoms with van der Waals surface area (Å²) < 4.78 is 15.5. The fourth-order valence-electron chi connectivity index (χ4n) is 2.85. The van der Waals surface area contributed by atoms with E-state index in [9.17, 15) is 9.18 Å². The summed E-state index contributed by atoms with van der Waals surface area (Å²) in [6.45, 7) is 2.71. The maximum atomic E-state index is 13.5. The molecule has 0 radical (unpaired) electrons. The molecule has 1 aliphatic heterocycles. The molecule has 2 aromatic heterocycles. The molecule has 2 atom stereocenters. The van der Waals surface area contributed by atoms with Gasteiger partial charge in [-0.3, -0.25) is 9.69 Å². The lowest BCUT2D eigenvalue weighted by Gasteiger charge is -2.20. The van der Waals surface area contributed by atoms with Crippen LogP contribution in [0.2, 0.25) is 0 Å². The number of nitrogens with two attached hydrogens (primary N) is 1. The van der Waals surface area contributed by atoms with Gasteiger partial charge in [0.1, 0.15) is 11.8 Å². The zero-order valence-electron chi connectivity index (χ0n) is 11.3. The molecule has 1 saturated heterocycles. The molecule has 1 fully saturated rings. The molecule has 5 nitrogen and oxygen atoms in total. The first-order valence-electron chi connectivity index (χ1n) is 6.65. The highest BCUT2D eigenvalue weighted by Gasteiger charge is 2.36. The minimum absolute atomic E-state index is 0.186. The fourth-order valence-corrected chi connectivity index (χ4v) is 2.85. The van der Waals surface area contributed by atoms with E-state index in [-0.39, 0.29) is 13.0 Å². The Hall–Kier alpha value is -1.95. The number of carbonyl (C=O) groups excluding carboxylic acids is 1. The number of hydrogen-bond acceptors (Lipinski definition) is 3. The molecule has 0 unspecified atom stereocenters. The van der Waals surface area contributed by atoms with E-state index in [1.807, 2.05) is 29.7 Å². The van der Waals surface area contributed by atoms with Gasteiger partial charge in [0, 0.05) is 25.7 Å². The van der Waals surface area contributed by atoms with Crippen LogP contribution in [0.1, 0.15) is 17.7 Å². The van der Waals surface area contributed by atoms with Gasteiger partial charge >= 0.3 is 0 Å². The van der Waals surface area contributed by atoms with Crippen molar-refractivity contribution in [3.8, 4) is 0 Å². The molecule has 3 rings (SSSR count). The normalized spacial score (nSPS) is 23.5. The number of amides is 1. The molecule has 0 bridgehead atoms. The van der Waals surface area contributed by atoms with E-state index in [1.54, 1.807) is 11.1 Å². The van der Waals surface area contributed by atoms with Gasteiger partial charge in [-0.15, -0.1) is 0 Å². The van der Waals surface area contributed by atoms with Crippen molar-refractivity contribution in [1.29, 1.82) is 0 Å². The minimum Gasteiger partial charge on any atom is -0.368 e. The number of fused-ring (bicyclic) bond motifs is 1. The van der Waals surface area contributed by atoms with Gasteiger partial charge in [0.05, 0.1) is 17.9 Å². The summed E-state index contributed by atoms with van der Waals surface area (Å²) in [7, 11) is 0. The maximum Gasteiger partial charge on any atom is 0.234 e.